The summed E-state index contributed by atoms with van der Waals surface area (Å²) < 4.78 is 0. The minimum atomic E-state index is -0.0773. The SMILES string of the molecule is CCCCNC(=NCC(=O)NCc1ccccc1)NCC.I. The second-order valence-electron chi connectivity index (χ2n) is 4.74. The fraction of sp³-hybridized carbons (Fsp3) is 0.500. The van der Waals surface area contributed by atoms with Crippen molar-refractivity contribution < 1.29 is 4.79 Å². The highest BCUT2D eigenvalue weighted by molar-refractivity contribution is 14.0. The molecule has 5 nitrogen and oxygen atoms in total. The number of rotatable bonds is 8. The first-order valence-electron chi connectivity index (χ1n) is 7.59. The van der Waals surface area contributed by atoms with Crippen LogP contribution in [0.1, 0.15) is 32.3 Å². The third-order valence-electron chi connectivity index (χ3n) is 2.88. The molecule has 1 rings (SSSR count). The molecule has 0 fully saturated rings. The molecule has 0 radical (unpaired) electrons. The highest BCUT2D eigenvalue weighted by Crippen LogP contribution is 1.96. The normalized spacial score (nSPS) is 10.5. The van der Waals surface area contributed by atoms with Gasteiger partial charge in [-0.1, -0.05) is 43.7 Å². The zero-order valence-electron chi connectivity index (χ0n) is 13.4. The molecule has 0 aliphatic carbocycles. The van der Waals surface area contributed by atoms with Crippen molar-refractivity contribution in [2.75, 3.05) is 19.6 Å². The Kier molecular flexibility index (Phi) is 12.6. The largest absolute Gasteiger partial charge is 0.357 e. The molecule has 0 atom stereocenters. The van der Waals surface area contributed by atoms with E-state index in [-0.39, 0.29) is 36.4 Å². The highest BCUT2D eigenvalue weighted by Gasteiger charge is 2.02. The van der Waals surface area contributed by atoms with Crippen molar-refractivity contribution in [1.82, 2.24) is 16.0 Å². The molecule has 0 unspecified atom stereocenters. The Morgan fingerprint density at radius 2 is 1.82 bits per heavy atom. The first kappa shape index (κ1) is 20.7. The van der Waals surface area contributed by atoms with Crippen molar-refractivity contribution in [2.45, 2.75) is 33.2 Å². The molecule has 0 heterocycles. The van der Waals surface area contributed by atoms with Gasteiger partial charge in [0.1, 0.15) is 6.54 Å². The molecule has 0 bridgehead atoms. The van der Waals surface area contributed by atoms with Gasteiger partial charge in [0.15, 0.2) is 5.96 Å². The van der Waals surface area contributed by atoms with Gasteiger partial charge in [0.05, 0.1) is 0 Å². The van der Waals surface area contributed by atoms with Crippen molar-refractivity contribution in [2.24, 2.45) is 4.99 Å². The summed E-state index contributed by atoms with van der Waals surface area (Å²) in [7, 11) is 0. The van der Waals surface area contributed by atoms with Crippen LogP contribution in [0, 0.1) is 0 Å². The van der Waals surface area contributed by atoms with Gasteiger partial charge in [-0.15, -0.1) is 24.0 Å². The van der Waals surface area contributed by atoms with Gasteiger partial charge >= 0.3 is 0 Å². The molecule has 124 valence electrons. The summed E-state index contributed by atoms with van der Waals surface area (Å²) in [6, 6.07) is 9.85. The number of nitrogens with one attached hydrogen (secondary N) is 3. The van der Waals surface area contributed by atoms with Crippen molar-refractivity contribution >= 4 is 35.8 Å². The smallest absolute Gasteiger partial charge is 0.242 e. The Bertz CT molecular complexity index is 437. The van der Waals surface area contributed by atoms with E-state index >= 15 is 0 Å². The van der Waals surface area contributed by atoms with Gasteiger partial charge in [-0.25, -0.2) is 4.99 Å². The lowest BCUT2D eigenvalue weighted by Crippen LogP contribution is -2.38. The Morgan fingerprint density at radius 1 is 1.09 bits per heavy atom. The van der Waals surface area contributed by atoms with Crippen LogP contribution < -0.4 is 16.0 Å². The van der Waals surface area contributed by atoms with Crippen LogP contribution in [0.5, 0.6) is 0 Å². The van der Waals surface area contributed by atoms with E-state index in [1.54, 1.807) is 0 Å². The van der Waals surface area contributed by atoms with Crippen LogP contribution >= 0.6 is 24.0 Å². The summed E-state index contributed by atoms with van der Waals surface area (Å²) in [6.07, 6.45) is 2.22. The maximum Gasteiger partial charge on any atom is 0.242 e. The summed E-state index contributed by atoms with van der Waals surface area (Å²) >= 11 is 0. The van der Waals surface area contributed by atoms with Crippen LogP contribution in [-0.4, -0.2) is 31.5 Å². The molecule has 1 amide bonds. The number of carbonyl (C=O) groups excluding carboxylic acids is 1. The van der Waals surface area contributed by atoms with Crippen LogP contribution in [0.2, 0.25) is 0 Å². The lowest BCUT2D eigenvalue weighted by atomic mass is 10.2. The van der Waals surface area contributed by atoms with Gasteiger partial charge in [-0.3, -0.25) is 4.79 Å². The van der Waals surface area contributed by atoms with E-state index in [0.717, 1.165) is 31.5 Å². The van der Waals surface area contributed by atoms with Gasteiger partial charge in [-0.05, 0) is 18.9 Å². The first-order chi connectivity index (χ1) is 10.3. The third-order valence-corrected chi connectivity index (χ3v) is 2.88. The van der Waals surface area contributed by atoms with E-state index in [1.165, 1.54) is 0 Å². The standard InChI is InChI=1S/C16H26N4O.HI/c1-3-5-11-18-16(17-4-2)20-13-15(21)19-12-14-9-7-6-8-10-14;/h6-10H,3-5,11-13H2,1-2H3,(H,19,21)(H2,17,18,20);1H. The van der Waals surface area contributed by atoms with Crippen LogP contribution in [0.15, 0.2) is 35.3 Å². The van der Waals surface area contributed by atoms with Gasteiger partial charge in [0, 0.05) is 19.6 Å². The maximum absolute atomic E-state index is 11.8. The zero-order valence-corrected chi connectivity index (χ0v) is 15.7. The Balaban J connectivity index is 0.00000441. The molecular formula is C16H27IN4O. The van der Waals surface area contributed by atoms with E-state index in [2.05, 4.69) is 27.9 Å². The van der Waals surface area contributed by atoms with Crippen molar-refractivity contribution in [1.29, 1.82) is 0 Å². The van der Waals surface area contributed by atoms with Gasteiger partial charge in [0.25, 0.3) is 0 Å². The quantitative estimate of drug-likeness (QED) is 0.263. The monoisotopic (exact) mass is 418 g/mol. The number of unbranched alkanes of at least 4 members (excludes halogenated alkanes) is 1. The van der Waals surface area contributed by atoms with Gasteiger partial charge in [0.2, 0.25) is 5.91 Å². The summed E-state index contributed by atoms with van der Waals surface area (Å²) in [6.45, 7) is 6.47. The number of halogens is 1. The molecule has 0 aromatic heterocycles. The molecule has 0 aliphatic heterocycles. The topological polar surface area (TPSA) is 65.5 Å². The van der Waals surface area contributed by atoms with Crippen LogP contribution in [0.25, 0.3) is 0 Å². The number of hydrogen-bond acceptors (Lipinski definition) is 2. The first-order valence-corrected chi connectivity index (χ1v) is 7.59. The van der Waals surface area contributed by atoms with Crippen LogP contribution in [0.4, 0.5) is 0 Å². The molecule has 0 saturated carbocycles. The average molecular weight is 418 g/mol. The van der Waals surface area contributed by atoms with Crippen molar-refractivity contribution in [3.05, 3.63) is 35.9 Å². The van der Waals surface area contributed by atoms with Crippen molar-refractivity contribution in [3.8, 4) is 0 Å². The fourth-order valence-electron chi connectivity index (χ4n) is 1.73. The average Bonchev–Trinajstić information content (AvgIpc) is 2.52. The van der Waals surface area contributed by atoms with Gasteiger partial charge in [-0.2, -0.15) is 0 Å². The zero-order chi connectivity index (χ0) is 15.3. The Hall–Kier alpha value is -1.31. The van der Waals surface area contributed by atoms with Crippen LogP contribution in [-0.2, 0) is 11.3 Å². The number of nitrogens with zero attached hydrogens (tertiary/aromatic N) is 1. The molecule has 3 N–H and O–H groups in total. The number of amides is 1. The molecular weight excluding hydrogens is 391 g/mol. The predicted molar refractivity (Wildman–Crippen MR) is 103 cm³/mol. The minimum absolute atomic E-state index is 0. The number of aliphatic imine (C=N–C) groups is 1. The number of hydrogen-bond donors (Lipinski definition) is 3. The summed E-state index contributed by atoms with van der Waals surface area (Å²) in [4.78, 5) is 16.1. The predicted octanol–water partition coefficient (Wildman–Crippen LogP) is 2.28. The lowest BCUT2D eigenvalue weighted by molar-refractivity contribution is -0.119. The molecule has 0 saturated heterocycles. The minimum Gasteiger partial charge on any atom is -0.357 e. The number of guanidine groups is 1. The molecule has 1 aromatic carbocycles. The van der Waals surface area contributed by atoms with E-state index in [9.17, 15) is 4.79 Å². The Morgan fingerprint density at radius 3 is 2.45 bits per heavy atom. The van der Waals surface area contributed by atoms with E-state index < -0.39 is 0 Å². The van der Waals surface area contributed by atoms with E-state index in [0.29, 0.717) is 12.5 Å². The second kappa shape index (κ2) is 13.4. The molecule has 22 heavy (non-hydrogen) atoms. The summed E-state index contributed by atoms with van der Waals surface area (Å²) in [5.74, 6) is 0.618. The van der Waals surface area contributed by atoms with Crippen LogP contribution in [0.3, 0.4) is 0 Å². The Labute approximate surface area is 150 Å². The highest BCUT2D eigenvalue weighted by atomic mass is 127. The van der Waals surface area contributed by atoms with E-state index in [4.69, 9.17) is 0 Å². The molecule has 0 aliphatic rings. The number of benzene rings is 1. The third kappa shape index (κ3) is 9.59. The van der Waals surface area contributed by atoms with E-state index in [1.807, 2.05) is 37.3 Å². The fourth-order valence-corrected chi connectivity index (χ4v) is 1.73. The van der Waals surface area contributed by atoms with Crippen molar-refractivity contribution in [3.63, 3.8) is 0 Å². The molecule has 0 spiro atoms. The summed E-state index contributed by atoms with van der Waals surface area (Å²) in [5.41, 5.74) is 1.09. The molecule has 1 aromatic rings. The molecule has 6 heteroatoms. The lowest BCUT2D eigenvalue weighted by Gasteiger charge is -2.10. The number of carbonyl (C=O) groups is 1. The summed E-state index contributed by atoms with van der Waals surface area (Å²) in [5, 5.41) is 9.20. The second-order valence-corrected chi connectivity index (χ2v) is 4.74. The van der Waals surface area contributed by atoms with Gasteiger partial charge < -0.3 is 16.0 Å². The maximum atomic E-state index is 11.8.